The van der Waals surface area contributed by atoms with Crippen LogP contribution >= 0.6 is 0 Å². The first-order chi connectivity index (χ1) is 10.8. The molecule has 1 aliphatic carbocycles. The second-order valence-corrected chi connectivity index (χ2v) is 7.70. The van der Waals surface area contributed by atoms with E-state index in [1.165, 1.54) is 35.5 Å². The third kappa shape index (κ3) is 2.72. The monoisotopic (exact) mass is 322 g/mol. The second kappa shape index (κ2) is 5.80. The fourth-order valence-corrected chi connectivity index (χ4v) is 4.05. The van der Waals surface area contributed by atoms with Crippen molar-refractivity contribution in [1.82, 2.24) is 9.80 Å². The van der Waals surface area contributed by atoms with E-state index in [0.29, 0.717) is 12.5 Å². The van der Waals surface area contributed by atoms with Gasteiger partial charge in [-0.2, -0.15) is 0 Å². The molecular formula is C17H26N2O4. The normalized spacial score (nSPS) is 31.3. The molecule has 2 atom stereocenters. The summed E-state index contributed by atoms with van der Waals surface area (Å²) in [5.74, 6) is -0.0131. The highest BCUT2D eigenvalue weighted by atomic mass is 16.5. The lowest BCUT2D eigenvalue weighted by Gasteiger charge is -2.23. The van der Waals surface area contributed by atoms with Gasteiger partial charge in [0.1, 0.15) is 5.54 Å². The molecule has 0 aromatic heterocycles. The Bertz CT molecular complexity index is 525. The van der Waals surface area contributed by atoms with Gasteiger partial charge in [-0.15, -0.1) is 0 Å². The maximum atomic E-state index is 12.5. The molecule has 6 heteroatoms. The number of cyclic esters (lactones) is 1. The van der Waals surface area contributed by atoms with Crippen LogP contribution in [0.15, 0.2) is 0 Å². The van der Waals surface area contributed by atoms with Gasteiger partial charge in [0.15, 0.2) is 0 Å². The molecule has 2 unspecified atom stereocenters. The molecule has 0 aromatic carbocycles. The number of urea groups is 1. The minimum atomic E-state index is -0.818. The molecule has 6 nitrogen and oxygen atoms in total. The zero-order valence-corrected chi connectivity index (χ0v) is 14.2. The molecule has 23 heavy (non-hydrogen) atoms. The number of hydrogen-bond acceptors (Lipinski definition) is 4. The summed E-state index contributed by atoms with van der Waals surface area (Å²) in [6, 6.07) is -0.279. The molecular weight excluding hydrogens is 296 g/mol. The van der Waals surface area contributed by atoms with Gasteiger partial charge in [0.25, 0.3) is 5.91 Å². The molecule has 0 spiro atoms. The van der Waals surface area contributed by atoms with Crippen LogP contribution in [0.2, 0.25) is 0 Å². The fourth-order valence-electron chi connectivity index (χ4n) is 4.05. The molecule has 0 aromatic rings. The van der Waals surface area contributed by atoms with Crippen molar-refractivity contribution < 1.29 is 19.1 Å². The number of carbonyl (C=O) groups excluding carboxylic acids is 3. The van der Waals surface area contributed by atoms with Gasteiger partial charge in [0.2, 0.25) is 0 Å². The molecule has 3 amide bonds. The fraction of sp³-hybridized carbons (Fsp3) is 0.824. The molecule has 1 saturated carbocycles. The maximum absolute atomic E-state index is 12.5. The van der Waals surface area contributed by atoms with E-state index in [2.05, 4.69) is 0 Å². The number of imide groups is 1. The number of hydrogen-bond donors (Lipinski definition) is 0. The zero-order valence-electron chi connectivity index (χ0n) is 14.2. The predicted molar refractivity (Wildman–Crippen MR) is 83.5 cm³/mol. The van der Waals surface area contributed by atoms with Crippen molar-refractivity contribution in [2.24, 2.45) is 17.8 Å². The van der Waals surface area contributed by atoms with Gasteiger partial charge in [-0.1, -0.05) is 25.7 Å². The molecule has 2 saturated heterocycles. The molecule has 2 aliphatic heterocycles. The molecule has 0 N–H and O–H groups in total. The van der Waals surface area contributed by atoms with Gasteiger partial charge in [-0.3, -0.25) is 14.5 Å². The topological polar surface area (TPSA) is 66.9 Å². The summed E-state index contributed by atoms with van der Waals surface area (Å²) in [5.41, 5.74) is -0.818. The molecule has 0 bridgehead atoms. The predicted octanol–water partition coefficient (Wildman–Crippen LogP) is 2.03. The average Bonchev–Trinajstić information content (AvgIpc) is 3.17. The van der Waals surface area contributed by atoms with Crippen LogP contribution in [0, 0.1) is 17.8 Å². The third-order valence-corrected chi connectivity index (χ3v) is 5.92. The maximum Gasteiger partial charge on any atom is 0.327 e. The molecule has 3 fully saturated rings. The number of nitrogens with zero attached hydrogens (tertiary/aromatic N) is 2. The summed E-state index contributed by atoms with van der Waals surface area (Å²) in [7, 11) is 1.65. The Hall–Kier alpha value is -1.59. The summed E-state index contributed by atoms with van der Waals surface area (Å²) >= 11 is 0. The van der Waals surface area contributed by atoms with Gasteiger partial charge in [-0.05, 0) is 26.2 Å². The Morgan fingerprint density at radius 2 is 1.83 bits per heavy atom. The van der Waals surface area contributed by atoms with Crippen LogP contribution in [0.4, 0.5) is 4.79 Å². The van der Waals surface area contributed by atoms with Crippen molar-refractivity contribution in [3.05, 3.63) is 0 Å². The van der Waals surface area contributed by atoms with Crippen LogP contribution in [0.1, 0.15) is 46.0 Å². The molecule has 128 valence electrons. The summed E-state index contributed by atoms with van der Waals surface area (Å²) in [6.45, 7) is 4.10. The minimum Gasteiger partial charge on any atom is -0.465 e. The molecule has 3 aliphatic rings. The van der Waals surface area contributed by atoms with E-state index >= 15 is 0 Å². The lowest BCUT2D eigenvalue weighted by Crippen LogP contribution is -2.42. The van der Waals surface area contributed by atoms with Crippen molar-refractivity contribution in [2.45, 2.75) is 51.5 Å². The standard InChI is InChI=1S/C17H26N2O4/c1-17(2)15(21)19(16(22)18(17)3)9-12-10-23-14(20)13(12)8-11-6-4-5-7-11/h11-13H,4-10H2,1-3H3. The van der Waals surface area contributed by atoms with E-state index in [0.717, 1.165) is 6.42 Å². The highest BCUT2D eigenvalue weighted by molar-refractivity contribution is 6.06. The Balaban J connectivity index is 1.69. The largest absolute Gasteiger partial charge is 0.465 e. The highest BCUT2D eigenvalue weighted by Crippen LogP contribution is 2.37. The van der Waals surface area contributed by atoms with Crippen LogP contribution < -0.4 is 0 Å². The average molecular weight is 322 g/mol. The molecule has 2 heterocycles. The number of esters is 1. The van der Waals surface area contributed by atoms with Crippen molar-refractivity contribution in [3.8, 4) is 0 Å². The number of carbonyl (C=O) groups is 3. The van der Waals surface area contributed by atoms with Gasteiger partial charge in [0.05, 0.1) is 12.5 Å². The third-order valence-electron chi connectivity index (χ3n) is 5.92. The van der Waals surface area contributed by atoms with Crippen LogP contribution in [0.3, 0.4) is 0 Å². The number of likely N-dealkylation sites (N-methyl/N-ethyl adjacent to an activating group) is 1. The van der Waals surface area contributed by atoms with Crippen LogP contribution in [0.25, 0.3) is 0 Å². The summed E-state index contributed by atoms with van der Waals surface area (Å²) in [6.07, 6.45) is 5.65. The van der Waals surface area contributed by atoms with Crippen molar-refractivity contribution in [3.63, 3.8) is 0 Å². The van der Waals surface area contributed by atoms with E-state index in [4.69, 9.17) is 4.74 Å². The highest BCUT2D eigenvalue weighted by Gasteiger charge is 2.51. The molecule has 3 rings (SSSR count). The van der Waals surface area contributed by atoms with Crippen LogP contribution in [-0.4, -0.2) is 53.4 Å². The number of amides is 3. The number of ether oxygens (including phenoxy) is 1. The summed E-state index contributed by atoms with van der Waals surface area (Å²) in [5, 5.41) is 0. The van der Waals surface area contributed by atoms with E-state index in [1.54, 1.807) is 20.9 Å². The Morgan fingerprint density at radius 1 is 1.17 bits per heavy atom. The smallest absolute Gasteiger partial charge is 0.327 e. The first kappa shape index (κ1) is 16.3. The van der Waals surface area contributed by atoms with Crippen molar-refractivity contribution in [1.29, 1.82) is 0 Å². The summed E-state index contributed by atoms with van der Waals surface area (Å²) in [4.78, 5) is 39.7. The first-order valence-electron chi connectivity index (χ1n) is 8.58. The van der Waals surface area contributed by atoms with Gasteiger partial charge in [0, 0.05) is 19.5 Å². The number of rotatable bonds is 4. The molecule has 0 radical (unpaired) electrons. The van der Waals surface area contributed by atoms with E-state index < -0.39 is 5.54 Å². The van der Waals surface area contributed by atoms with Crippen LogP contribution in [-0.2, 0) is 14.3 Å². The lowest BCUT2D eigenvalue weighted by molar-refractivity contribution is -0.141. The Labute approximate surface area is 137 Å². The van der Waals surface area contributed by atoms with Crippen molar-refractivity contribution >= 4 is 17.9 Å². The summed E-state index contributed by atoms with van der Waals surface area (Å²) < 4.78 is 5.25. The lowest BCUT2D eigenvalue weighted by atomic mass is 9.85. The Kier molecular flexibility index (Phi) is 4.10. The minimum absolute atomic E-state index is 0.0710. The van der Waals surface area contributed by atoms with Gasteiger partial charge < -0.3 is 9.64 Å². The zero-order chi connectivity index (χ0) is 16.8. The van der Waals surface area contributed by atoms with Crippen LogP contribution in [0.5, 0.6) is 0 Å². The Morgan fingerprint density at radius 3 is 2.39 bits per heavy atom. The quantitative estimate of drug-likeness (QED) is 0.587. The van der Waals surface area contributed by atoms with Gasteiger partial charge >= 0.3 is 12.0 Å². The van der Waals surface area contributed by atoms with E-state index in [1.807, 2.05) is 0 Å². The van der Waals surface area contributed by atoms with Crippen molar-refractivity contribution in [2.75, 3.05) is 20.2 Å². The first-order valence-corrected chi connectivity index (χ1v) is 8.58. The second-order valence-electron chi connectivity index (χ2n) is 7.70. The van der Waals surface area contributed by atoms with E-state index in [9.17, 15) is 14.4 Å². The SMILES string of the molecule is CN1C(=O)N(CC2COC(=O)C2CC2CCCC2)C(=O)C1(C)C. The van der Waals surface area contributed by atoms with E-state index in [-0.39, 0.29) is 36.3 Å². The van der Waals surface area contributed by atoms with Gasteiger partial charge in [-0.25, -0.2) is 4.79 Å².